The Balaban J connectivity index is 1.58. The molecule has 3 aliphatic heterocycles. The van der Waals surface area contributed by atoms with E-state index >= 15 is 0 Å². The molecule has 8 heteroatoms. The number of hydrogen-bond acceptors (Lipinski definition) is 4. The first kappa shape index (κ1) is 23.9. The average molecular weight is 578 g/mol. The van der Waals surface area contributed by atoms with E-state index in [1.54, 1.807) is 53.5 Å². The number of nitrogens with zero attached hydrogens (tertiary/aromatic N) is 2. The van der Waals surface area contributed by atoms with E-state index < -0.39 is 17.7 Å². The molecular weight excluding hydrogens is 556 g/mol. The van der Waals surface area contributed by atoms with Crippen molar-refractivity contribution in [2.45, 2.75) is 25.6 Å². The summed E-state index contributed by atoms with van der Waals surface area (Å²) in [5.74, 6) is -1.64. The van der Waals surface area contributed by atoms with Crippen LogP contribution < -0.4 is 9.64 Å². The molecule has 0 aromatic heterocycles. The highest BCUT2D eigenvalue weighted by Crippen LogP contribution is 2.51. The Labute approximate surface area is 227 Å². The lowest BCUT2D eigenvalue weighted by molar-refractivity contribution is -0.124. The molecule has 3 aliphatic rings. The van der Waals surface area contributed by atoms with E-state index in [0.717, 1.165) is 11.1 Å². The number of ketones is 1. The van der Waals surface area contributed by atoms with Crippen LogP contribution >= 0.6 is 27.5 Å². The smallest absolute Gasteiger partial charge is 0.261 e. The molecule has 0 saturated carbocycles. The number of para-hydroxylation sites is 1. The van der Waals surface area contributed by atoms with Gasteiger partial charge in [0, 0.05) is 16.0 Å². The lowest BCUT2D eigenvalue weighted by Gasteiger charge is -2.38. The average Bonchev–Trinajstić information content (AvgIpc) is 3.41. The zero-order chi connectivity index (χ0) is 26.1. The van der Waals surface area contributed by atoms with Crippen molar-refractivity contribution in [3.63, 3.8) is 0 Å². The van der Waals surface area contributed by atoms with Crippen LogP contribution in [-0.4, -0.2) is 40.8 Å². The molecule has 6 rings (SSSR count). The van der Waals surface area contributed by atoms with E-state index in [1.807, 2.05) is 38.1 Å². The molecule has 2 amide bonds. The van der Waals surface area contributed by atoms with Gasteiger partial charge < -0.3 is 9.64 Å². The Morgan fingerprint density at radius 3 is 2.51 bits per heavy atom. The second-order valence-corrected chi connectivity index (χ2v) is 10.8. The maximum Gasteiger partial charge on any atom is 0.261 e. The van der Waals surface area contributed by atoms with Gasteiger partial charge in [-0.05, 0) is 71.2 Å². The molecule has 0 bridgehead atoms. The molecule has 0 aliphatic carbocycles. The van der Waals surface area contributed by atoms with E-state index in [0.29, 0.717) is 32.1 Å². The predicted molar refractivity (Wildman–Crippen MR) is 144 cm³/mol. The number of ether oxygens (including phenoxy) is 1. The third kappa shape index (κ3) is 3.33. The molecule has 1 saturated heterocycles. The van der Waals surface area contributed by atoms with E-state index in [-0.39, 0.29) is 24.1 Å². The number of benzene rings is 3. The fourth-order valence-corrected chi connectivity index (χ4v) is 6.46. The van der Waals surface area contributed by atoms with E-state index in [4.69, 9.17) is 16.3 Å². The predicted octanol–water partition coefficient (Wildman–Crippen LogP) is 5.73. The van der Waals surface area contributed by atoms with Gasteiger partial charge in [0.2, 0.25) is 0 Å². The standard InChI is InChI=1S/C29H22BrClN2O4/c1-16-7-5-8-17(2)24(16)33-27-23(25(34)20-15-18(31)11-12-22(20)37-27)29(28(33)36)13-6-14-32(29)26(35)19-9-3-4-10-21(19)30/h3-13,15,23,27H,14H2,1-2H3. The molecule has 3 atom stereocenters. The molecule has 1 spiro atoms. The maximum absolute atomic E-state index is 14.6. The number of fused-ring (bicyclic) bond motifs is 3. The summed E-state index contributed by atoms with van der Waals surface area (Å²) in [4.78, 5) is 45.8. The first-order chi connectivity index (χ1) is 17.8. The van der Waals surface area contributed by atoms with Crippen molar-refractivity contribution in [3.05, 3.63) is 105 Å². The summed E-state index contributed by atoms with van der Waals surface area (Å²) in [6.07, 6.45) is 2.54. The molecule has 37 heavy (non-hydrogen) atoms. The van der Waals surface area contributed by atoms with Crippen molar-refractivity contribution in [1.82, 2.24) is 4.90 Å². The Kier molecular flexibility index (Phi) is 5.55. The van der Waals surface area contributed by atoms with Gasteiger partial charge in [0.1, 0.15) is 11.7 Å². The lowest BCUT2D eigenvalue weighted by Crippen LogP contribution is -2.58. The van der Waals surface area contributed by atoms with Crippen LogP contribution in [0.25, 0.3) is 0 Å². The second kappa shape index (κ2) is 8.57. The summed E-state index contributed by atoms with van der Waals surface area (Å²) in [6.45, 7) is 4.02. The fourth-order valence-electron chi connectivity index (χ4n) is 5.84. The molecule has 1 fully saturated rings. The van der Waals surface area contributed by atoms with Crippen molar-refractivity contribution in [3.8, 4) is 5.75 Å². The van der Waals surface area contributed by atoms with Gasteiger partial charge in [0.25, 0.3) is 11.8 Å². The van der Waals surface area contributed by atoms with Gasteiger partial charge in [0.05, 0.1) is 16.8 Å². The van der Waals surface area contributed by atoms with Gasteiger partial charge in [-0.25, -0.2) is 0 Å². The molecule has 6 nitrogen and oxygen atoms in total. The van der Waals surface area contributed by atoms with Crippen molar-refractivity contribution in [1.29, 1.82) is 0 Å². The number of rotatable bonds is 2. The van der Waals surface area contributed by atoms with Crippen LogP contribution in [0, 0.1) is 19.8 Å². The molecule has 3 heterocycles. The van der Waals surface area contributed by atoms with Crippen LogP contribution in [0.2, 0.25) is 5.02 Å². The van der Waals surface area contributed by atoms with Gasteiger partial charge in [-0.15, -0.1) is 0 Å². The highest BCUT2D eigenvalue weighted by molar-refractivity contribution is 9.10. The van der Waals surface area contributed by atoms with Crippen LogP contribution in [0.5, 0.6) is 5.75 Å². The first-order valence-electron chi connectivity index (χ1n) is 11.9. The SMILES string of the molecule is Cc1cccc(C)c1N1C(=O)C2(C=CCN2C(=O)c2ccccc2Br)C2C(=O)c3cc(Cl)ccc3OC21. The minimum Gasteiger partial charge on any atom is -0.468 e. The van der Waals surface area contributed by atoms with Crippen LogP contribution in [0.1, 0.15) is 31.8 Å². The number of halogens is 2. The zero-order valence-corrected chi connectivity index (χ0v) is 22.4. The monoisotopic (exact) mass is 576 g/mol. The van der Waals surface area contributed by atoms with E-state index in [1.165, 1.54) is 4.90 Å². The molecule has 3 aromatic carbocycles. The minimum absolute atomic E-state index is 0.186. The van der Waals surface area contributed by atoms with Crippen molar-refractivity contribution in [2.75, 3.05) is 11.4 Å². The van der Waals surface area contributed by atoms with Gasteiger partial charge in [-0.1, -0.05) is 54.1 Å². The largest absolute Gasteiger partial charge is 0.468 e. The molecule has 3 aromatic rings. The summed E-state index contributed by atoms with van der Waals surface area (Å²) < 4.78 is 7.03. The lowest BCUT2D eigenvalue weighted by atomic mass is 9.78. The quantitative estimate of drug-likeness (QED) is 0.365. The Morgan fingerprint density at radius 2 is 1.78 bits per heavy atom. The van der Waals surface area contributed by atoms with Crippen molar-refractivity contribution >= 4 is 50.8 Å². The molecule has 186 valence electrons. The summed E-state index contributed by atoms with van der Waals surface area (Å²) in [6, 6.07) is 17.7. The summed E-state index contributed by atoms with van der Waals surface area (Å²) in [5, 5.41) is 0.391. The molecule has 0 radical (unpaired) electrons. The number of hydrogen-bond donors (Lipinski definition) is 0. The van der Waals surface area contributed by atoms with Crippen molar-refractivity contribution in [2.24, 2.45) is 5.92 Å². The van der Waals surface area contributed by atoms with Crippen LogP contribution in [-0.2, 0) is 4.79 Å². The third-order valence-electron chi connectivity index (χ3n) is 7.45. The Morgan fingerprint density at radius 1 is 1.05 bits per heavy atom. The number of amides is 2. The molecule has 0 N–H and O–H groups in total. The highest BCUT2D eigenvalue weighted by Gasteiger charge is 2.69. The maximum atomic E-state index is 14.6. The van der Waals surface area contributed by atoms with Crippen LogP contribution in [0.4, 0.5) is 5.69 Å². The second-order valence-electron chi connectivity index (χ2n) is 9.53. The zero-order valence-electron chi connectivity index (χ0n) is 20.1. The fraction of sp³-hybridized carbons (Fsp3) is 0.207. The number of aryl methyl sites for hydroxylation is 2. The van der Waals surface area contributed by atoms with Crippen LogP contribution in [0.3, 0.4) is 0 Å². The highest BCUT2D eigenvalue weighted by atomic mass is 79.9. The van der Waals surface area contributed by atoms with Crippen LogP contribution in [0.15, 0.2) is 77.3 Å². The molecule has 3 unspecified atom stereocenters. The van der Waals surface area contributed by atoms with Gasteiger partial charge >= 0.3 is 0 Å². The minimum atomic E-state index is -1.55. The normalized spacial score (nSPS) is 23.9. The Bertz CT molecular complexity index is 1520. The first-order valence-corrected chi connectivity index (χ1v) is 13.1. The topological polar surface area (TPSA) is 66.9 Å². The van der Waals surface area contributed by atoms with Gasteiger partial charge in [0.15, 0.2) is 17.6 Å². The van der Waals surface area contributed by atoms with Crippen molar-refractivity contribution < 1.29 is 19.1 Å². The van der Waals surface area contributed by atoms with E-state index in [9.17, 15) is 14.4 Å². The van der Waals surface area contributed by atoms with Gasteiger partial charge in [-0.3, -0.25) is 19.3 Å². The number of carbonyl (C=O) groups excluding carboxylic acids is 3. The van der Waals surface area contributed by atoms with E-state index in [2.05, 4.69) is 15.9 Å². The summed E-state index contributed by atoms with van der Waals surface area (Å²) in [5.41, 5.74) is 1.58. The van der Waals surface area contributed by atoms with Gasteiger partial charge in [-0.2, -0.15) is 0 Å². The summed E-state index contributed by atoms with van der Waals surface area (Å²) in [7, 11) is 0. The molecular formula is C29H22BrClN2O4. The third-order valence-corrected chi connectivity index (χ3v) is 8.38. The summed E-state index contributed by atoms with van der Waals surface area (Å²) >= 11 is 9.70. The number of anilines is 1. The number of Topliss-reactive ketones (excluding diaryl/α,β-unsaturated/α-hetero) is 1. The number of carbonyl (C=O) groups is 3. The Hall–Kier alpha value is -3.42.